The van der Waals surface area contributed by atoms with E-state index in [0.29, 0.717) is 0 Å². The highest BCUT2D eigenvalue weighted by molar-refractivity contribution is 7.11. The lowest BCUT2D eigenvalue weighted by Crippen LogP contribution is -2.34. The summed E-state index contributed by atoms with van der Waals surface area (Å²) in [6.07, 6.45) is -0.746. The quantitative estimate of drug-likeness (QED) is 0.582. The molecular formula is C16H18FN3O5S. The number of aliphatic hydroxyl groups excluding tert-OH is 1. The number of carboxylic acids is 1. The zero-order valence-corrected chi connectivity index (χ0v) is 14.9. The van der Waals surface area contributed by atoms with Crippen molar-refractivity contribution in [3.05, 3.63) is 40.7 Å². The number of carbonyl (C=O) groups excluding carboxylic acids is 1. The lowest BCUT2D eigenvalue weighted by molar-refractivity contribution is 0.0693. The van der Waals surface area contributed by atoms with E-state index in [0.717, 1.165) is 17.1 Å². The van der Waals surface area contributed by atoms with Crippen molar-refractivity contribution in [3.8, 4) is 5.88 Å². The van der Waals surface area contributed by atoms with Crippen LogP contribution in [0.15, 0.2) is 18.2 Å². The molecule has 0 saturated carbocycles. The molecule has 140 valence electrons. The van der Waals surface area contributed by atoms with E-state index in [1.165, 1.54) is 13.0 Å². The predicted octanol–water partition coefficient (Wildman–Crippen LogP) is 2.37. The Kier molecular flexibility index (Phi) is 6.47. The van der Waals surface area contributed by atoms with Gasteiger partial charge < -0.3 is 20.3 Å². The summed E-state index contributed by atoms with van der Waals surface area (Å²) in [6.45, 7) is 3.04. The summed E-state index contributed by atoms with van der Waals surface area (Å²) in [5.74, 6) is -2.02. The molecular weight excluding hydrogens is 365 g/mol. The topological polar surface area (TPSA) is 121 Å². The SMILES string of the molecule is Cc1ccc(COc2nsc(NC(=O)NCC(C)O)c2C(=O)O)c(F)c1. The van der Waals surface area contributed by atoms with Crippen molar-refractivity contribution in [1.29, 1.82) is 0 Å². The number of carboxylic acid groups (broad SMARTS) is 1. The fraction of sp³-hybridized carbons (Fsp3) is 0.312. The third kappa shape index (κ3) is 5.14. The smallest absolute Gasteiger partial charge is 0.344 e. The Labute approximate surface area is 152 Å². The van der Waals surface area contributed by atoms with Gasteiger partial charge in [-0.05, 0) is 37.0 Å². The summed E-state index contributed by atoms with van der Waals surface area (Å²) in [6, 6.07) is 3.91. The molecule has 1 unspecified atom stereocenters. The van der Waals surface area contributed by atoms with Crippen LogP contribution in [0, 0.1) is 12.7 Å². The Morgan fingerprint density at radius 3 is 2.77 bits per heavy atom. The lowest BCUT2D eigenvalue weighted by atomic mass is 10.1. The molecule has 0 aliphatic carbocycles. The maximum absolute atomic E-state index is 13.8. The number of benzene rings is 1. The number of rotatable bonds is 7. The summed E-state index contributed by atoms with van der Waals surface area (Å²) in [5.41, 5.74) is 0.680. The highest BCUT2D eigenvalue weighted by atomic mass is 32.1. The van der Waals surface area contributed by atoms with Gasteiger partial charge in [0.1, 0.15) is 17.4 Å². The Morgan fingerprint density at radius 1 is 1.42 bits per heavy atom. The third-order valence-electron chi connectivity index (χ3n) is 3.23. The number of aromatic carboxylic acids is 1. The number of ether oxygens (including phenoxy) is 1. The van der Waals surface area contributed by atoms with Crippen molar-refractivity contribution in [1.82, 2.24) is 9.69 Å². The maximum atomic E-state index is 13.8. The summed E-state index contributed by atoms with van der Waals surface area (Å²) in [7, 11) is 0. The number of carbonyl (C=O) groups is 2. The predicted molar refractivity (Wildman–Crippen MR) is 93.2 cm³/mol. The van der Waals surface area contributed by atoms with Gasteiger partial charge in [-0.2, -0.15) is 4.37 Å². The molecule has 8 nitrogen and oxygen atoms in total. The van der Waals surface area contributed by atoms with E-state index in [1.807, 2.05) is 0 Å². The highest BCUT2D eigenvalue weighted by Crippen LogP contribution is 2.31. The van der Waals surface area contributed by atoms with Gasteiger partial charge in [0.15, 0.2) is 5.56 Å². The number of anilines is 1. The van der Waals surface area contributed by atoms with Gasteiger partial charge in [0.2, 0.25) is 5.88 Å². The molecule has 1 aromatic heterocycles. The van der Waals surface area contributed by atoms with Crippen LogP contribution in [0.1, 0.15) is 28.4 Å². The minimum absolute atomic E-state index is 0.00308. The van der Waals surface area contributed by atoms with Gasteiger partial charge in [-0.1, -0.05) is 12.1 Å². The minimum Gasteiger partial charge on any atom is -0.477 e. The molecule has 10 heteroatoms. The third-order valence-corrected chi connectivity index (χ3v) is 3.98. The average Bonchev–Trinajstić information content (AvgIpc) is 2.95. The van der Waals surface area contributed by atoms with E-state index in [9.17, 15) is 19.1 Å². The van der Waals surface area contributed by atoms with Crippen molar-refractivity contribution in [2.45, 2.75) is 26.6 Å². The van der Waals surface area contributed by atoms with Crippen LogP contribution in [0.5, 0.6) is 5.88 Å². The number of nitrogens with one attached hydrogen (secondary N) is 2. The normalized spacial score (nSPS) is 11.7. The van der Waals surface area contributed by atoms with Crippen molar-refractivity contribution < 1.29 is 28.9 Å². The van der Waals surface area contributed by atoms with Crippen molar-refractivity contribution in [2.75, 3.05) is 11.9 Å². The van der Waals surface area contributed by atoms with Crippen molar-refractivity contribution in [3.63, 3.8) is 0 Å². The van der Waals surface area contributed by atoms with Crippen LogP contribution in [0.4, 0.5) is 14.2 Å². The molecule has 0 fully saturated rings. The van der Waals surface area contributed by atoms with Crippen LogP contribution in [0.3, 0.4) is 0 Å². The summed E-state index contributed by atoms with van der Waals surface area (Å²) >= 11 is 0.725. The molecule has 2 aromatic rings. The van der Waals surface area contributed by atoms with Gasteiger partial charge in [0.25, 0.3) is 0 Å². The summed E-state index contributed by atoms with van der Waals surface area (Å²) < 4.78 is 23.0. The van der Waals surface area contributed by atoms with Crippen LogP contribution in [-0.2, 0) is 6.61 Å². The highest BCUT2D eigenvalue weighted by Gasteiger charge is 2.23. The van der Waals surface area contributed by atoms with Crippen molar-refractivity contribution in [2.24, 2.45) is 0 Å². The van der Waals surface area contributed by atoms with Crippen molar-refractivity contribution >= 4 is 28.5 Å². The number of amides is 2. The van der Waals surface area contributed by atoms with E-state index in [4.69, 9.17) is 9.84 Å². The molecule has 1 aromatic carbocycles. The lowest BCUT2D eigenvalue weighted by Gasteiger charge is -2.09. The monoisotopic (exact) mass is 383 g/mol. The molecule has 4 N–H and O–H groups in total. The van der Waals surface area contributed by atoms with E-state index in [-0.39, 0.29) is 35.2 Å². The fourth-order valence-corrected chi connectivity index (χ4v) is 2.67. The second kappa shape index (κ2) is 8.59. The second-order valence-corrected chi connectivity index (χ2v) is 6.34. The standard InChI is InChI=1S/C16H18FN3O5S/c1-8-3-4-10(11(17)5-8)7-25-13-12(15(22)23)14(26-20-13)19-16(24)18-6-9(2)21/h3-5,9,21H,6-7H2,1-2H3,(H,22,23)(H2,18,19,24). The Morgan fingerprint density at radius 2 is 2.15 bits per heavy atom. The molecule has 0 radical (unpaired) electrons. The zero-order valence-electron chi connectivity index (χ0n) is 14.1. The number of halogens is 1. The molecule has 1 heterocycles. The van der Waals surface area contributed by atoms with Crippen LogP contribution in [-0.4, -0.2) is 39.2 Å². The largest absolute Gasteiger partial charge is 0.477 e. The number of aromatic nitrogens is 1. The molecule has 2 rings (SSSR count). The molecule has 0 saturated heterocycles. The fourth-order valence-electron chi connectivity index (χ4n) is 1.95. The molecule has 0 aliphatic heterocycles. The van der Waals surface area contributed by atoms with Gasteiger partial charge >= 0.3 is 12.0 Å². The first-order valence-electron chi connectivity index (χ1n) is 7.61. The Hall–Kier alpha value is -2.72. The number of aliphatic hydroxyl groups is 1. The molecule has 0 bridgehead atoms. The first kappa shape index (κ1) is 19.6. The van der Waals surface area contributed by atoms with Crippen LogP contribution in [0.25, 0.3) is 0 Å². The maximum Gasteiger partial charge on any atom is 0.344 e. The molecule has 26 heavy (non-hydrogen) atoms. The number of nitrogens with zero attached hydrogens (tertiary/aromatic N) is 1. The number of hydrogen-bond acceptors (Lipinski definition) is 6. The molecule has 1 atom stereocenters. The first-order valence-corrected chi connectivity index (χ1v) is 8.39. The van der Waals surface area contributed by atoms with Crippen LogP contribution >= 0.6 is 11.5 Å². The van der Waals surface area contributed by atoms with Gasteiger partial charge in [-0.3, -0.25) is 5.32 Å². The Balaban J connectivity index is 2.10. The minimum atomic E-state index is -1.34. The molecule has 0 aliphatic rings. The van der Waals surface area contributed by atoms with E-state index in [2.05, 4.69) is 15.0 Å². The van der Waals surface area contributed by atoms with Gasteiger partial charge in [-0.25, -0.2) is 14.0 Å². The van der Waals surface area contributed by atoms with Crippen LogP contribution in [0.2, 0.25) is 0 Å². The Bertz CT molecular complexity index is 809. The summed E-state index contributed by atoms with van der Waals surface area (Å²) in [5, 5.41) is 23.2. The van der Waals surface area contributed by atoms with E-state index in [1.54, 1.807) is 19.1 Å². The van der Waals surface area contributed by atoms with E-state index < -0.39 is 23.9 Å². The summed E-state index contributed by atoms with van der Waals surface area (Å²) in [4.78, 5) is 23.2. The average molecular weight is 383 g/mol. The second-order valence-electron chi connectivity index (χ2n) is 5.56. The van der Waals surface area contributed by atoms with Gasteiger partial charge in [-0.15, -0.1) is 0 Å². The van der Waals surface area contributed by atoms with Gasteiger partial charge in [0, 0.05) is 12.1 Å². The first-order chi connectivity index (χ1) is 12.3. The van der Waals surface area contributed by atoms with E-state index >= 15 is 0 Å². The number of urea groups is 1. The number of hydrogen-bond donors (Lipinski definition) is 4. The zero-order chi connectivity index (χ0) is 19.3. The van der Waals surface area contributed by atoms with Gasteiger partial charge in [0.05, 0.1) is 6.10 Å². The molecule has 0 spiro atoms. The molecule has 2 amide bonds. The van der Waals surface area contributed by atoms with Crippen LogP contribution < -0.4 is 15.4 Å². The number of aryl methyl sites for hydroxylation is 1.